The lowest BCUT2D eigenvalue weighted by molar-refractivity contribution is -0.128. The lowest BCUT2D eigenvalue weighted by atomic mass is 10.1. The van der Waals surface area contributed by atoms with Crippen molar-refractivity contribution in [1.29, 1.82) is 0 Å². The molecule has 30 heavy (non-hydrogen) atoms. The van der Waals surface area contributed by atoms with Crippen LogP contribution in [0.5, 0.6) is 0 Å². The number of benzene rings is 2. The van der Waals surface area contributed by atoms with Crippen molar-refractivity contribution < 1.29 is 9.21 Å². The highest BCUT2D eigenvalue weighted by molar-refractivity contribution is 8.00. The Bertz CT molecular complexity index is 1160. The molecule has 4 aromatic rings. The summed E-state index contributed by atoms with van der Waals surface area (Å²) >= 11 is 1.66. The van der Waals surface area contributed by atoms with E-state index in [4.69, 9.17) is 9.52 Å². The molecular formula is C24H23N3O2S. The van der Waals surface area contributed by atoms with Crippen molar-refractivity contribution in [2.24, 2.45) is 5.92 Å². The number of rotatable bonds is 5. The molecule has 152 valence electrons. The van der Waals surface area contributed by atoms with Gasteiger partial charge in [-0.25, -0.2) is 4.68 Å². The van der Waals surface area contributed by atoms with Crippen molar-refractivity contribution in [3.63, 3.8) is 0 Å². The van der Waals surface area contributed by atoms with E-state index in [0.29, 0.717) is 11.7 Å². The third-order valence-corrected chi connectivity index (χ3v) is 6.46. The van der Waals surface area contributed by atoms with Gasteiger partial charge in [-0.1, -0.05) is 50.2 Å². The number of para-hydroxylation sites is 2. The number of fused-ring (bicyclic) bond motifs is 1. The van der Waals surface area contributed by atoms with Gasteiger partial charge in [0.2, 0.25) is 5.91 Å². The largest absolute Gasteiger partial charge is 0.454 e. The average molecular weight is 418 g/mol. The van der Waals surface area contributed by atoms with E-state index in [1.54, 1.807) is 11.8 Å². The van der Waals surface area contributed by atoms with Crippen LogP contribution in [-0.2, 0) is 4.79 Å². The summed E-state index contributed by atoms with van der Waals surface area (Å²) in [5, 5.41) is 5.88. The molecular weight excluding hydrogens is 394 g/mol. The predicted molar refractivity (Wildman–Crippen MR) is 121 cm³/mol. The van der Waals surface area contributed by atoms with Gasteiger partial charge in [0.1, 0.15) is 16.7 Å². The fraction of sp³-hybridized carbons (Fsp3) is 0.250. The molecule has 3 heterocycles. The van der Waals surface area contributed by atoms with Crippen molar-refractivity contribution in [3.8, 4) is 17.1 Å². The first kappa shape index (κ1) is 19.0. The van der Waals surface area contributed by atoms with Crippen LogP contribution in [0.25, 0.3) is 28.1 Å². The van der Waals surface area contributed by atoms with E-state index in [1.165, 1.54) is 0 Å². The van der Waals surface area contributed by atoms with Gasteiger partial charge < -0.3 is 9.32 Å². The first-order valence-corrected chi connectivity index (χ1v) is 11.2. The number of carbonyl (C=O) groups excluding carboxylic acids is 1. The van der Waals surface area contributed by atoms with Crippen LogP contribution in [0.3, 0.4) is 0 Å². The first-order valence-electron chi connectivity index (χ1n) is 10.1. The van der Waals surface area contributed by atoms with E-state index in [0.717, 1.165) is 40.2 Å². The molecule has 6 heteroatoms. The normalized spacial score (nSPS) is 16.8. The Kier molecular flexibility index (Phi) is 4.87. The lowest BCUT2D eigenvalue weighted by Crippen LogP contribution is -2.31. The Morgan fingerprint density at radius 3 is 2.67 bits per heavy atom. The van der Waals surface area contributed by atoms with Gasteiger partial charge in [-0.15, -0.1) is 11.8 Å². The summed E-state index contributed by atoms with van der Waals surface area (Å²) in [5.74, 6) is 1.80. The molecule has 0 aliphatic carbocycles. The molecule has 1 atom stereocenters. The van der Waals surface area contributed by atoms with Gasteiger partial charge in [-0.3, -0.25) is 4.79 Å². The van der Waals surface area contributed by atoms with Crippen molar-refractivity contribution in [1.82, 2.24) is 14.7 Å². The Hall–Kier alpha value is -2.99. The maximum Gasteiger partial charge on any atom is 0.233 e. The Balaban J connectivity index is 1.65. The zero-order valence-corrected chi connectivity index (χ0v) is 17.8. The molecule has 1 aliphatic heterocycles. The van der Waals surface area contributed by atoms with Gasteiger partial charge in [-0.2, -0.15) is 5.10 Å². The molecule has 1 saturated heterocycles. The van der Waals surface area contributed by atoms with Gasteiger partial charge in [0.15, 0.2) is 5.76 Å². The smallest absolute Gasteiger partial charge is 0.233 e. The molecule has 1 fully saturated rings. The summed E-state index contributed by atoms with van der Waals surface area (Å²) in [7, 11) is 0. The highest BCUT2D eigenvalue weighted by atomic mass is 32.2. The van der Waals surface area contributed by atoms with Crippen LogP contribution < -0.4 is 0 Å². The summed E-state index contributed by atoms with van der Waals surface area (Å²) in [4.78, 5) is 14.6. The lowest BCUT2D eigenvalue weighted by Gasteiger charge is -2.25. The molecule has 0 saturated carbocycles. The number of nitrogens with zero attached hydrogens (tertiary/aromatic N) is 3. The summed E-state index contributed by atoms with van der Waals surface area (Å²) in [6, 6.07) is 20.0. The monoisotopic (exact) mass is 417 g/mol. The Morgan fingerprint density at radius 2 is 1.90 bits per heavy atom. The predicted octanol–water partition coefficient (Wildman–Crippen LogP) is 5.52. The van der Waals surface area contributed by atoms with Crippen molar-refractivity contribution >= 4 is 28.6 Å². The molecule has 5 rings (SSSR count). The quantitative estimate of drug-likeness (QED) is 0.429. The summed E-state index contributed by atoms with van der Waals surface area (Å²) in [6.07, 6.45) is 2.04. The van der Waals surface area contributed by atoms with Crippen molar-refractivity contribution in [3.05, 3.63) is 72.4 Å². The van der Waals surface area contributed by atoms with Crippen LogP contribution >= 0.6 is 11.8 Å². The van der Waals surface area contributed by atoms with E-state index < -0.39 is 0 Å². The zero-order valence-electron chi connectivity index (χ0n) is 17.0. The van der Waals surface area contributed by atoms with Crippen LogP contribution in [0.2, 0.25) is 0 Å². The number of hydrogen-bond acceptors (Lipinski definition) is 4. The van der Waals surface area contributed by atoms with Crippen LogP contribution in [0.15, 0.2) is 71.3 Å². The van der Waals surface area contributed by atoms with E-state index in [-0.39, 0.29) is 11.3 Å². The molecule has 2 aromatic carbocycles. The van der Waals surface area contributed by atoms with Gasteiger partial charge in [0, 0.05) is 23.7 Å². The molecule has 0 spiro atoms. The molecule has 0 bridgehead atoms. The highest BCUT2D eigenvalue weighted by Crippen LogP contribution is 2.43. The number of furan rings is 1. The Labute approximate surface area is 179 Å². The molecule has 1 amide bonds. The second-order valence-corrected chi connectivity index (χ2v) is 9.03. The van der Waals surface area contributed by atoms with Gasteiger partial charge in [0.05, 0.1) is 11.4 Å². The second kappa shape index (κ2) is 7.69. The minimum absolute atomic E-state index is 0.0689. The SMILES string of the molecule is CC(C)CN1C(=O)CS[C@@H]1c1cn(-c2ccccc2)nc1-c1cc2ccccc2o1. The third-order valence-electron chi connectivity index (χ3n) is 5.22. The van der Waals surface area contributed by atoms with Crippen molar-refractivity contribution in [2.45, 2.75) is 19.2 Å². The van der Waals surface area contributed by atoms with Gasteiger partial charge >= 0.3 is 0 Å². The summed E-state index contributed by atoms with van der Waals surface area (Å²) in [6.45, 7) is 5.01. The number of thioether (sulfide) groups is 1. The molecule has 5 nitrogen and oxygen atoms in total. The van der Waals surface area contributed by atoms with Crippen LogP contribution in [0, 0.1) is 5.92 Å². The van der Waals surface area contributed by atoms with E-state index in [9.17, 15) is 4.79 Å². The van der Waals surface area contributed by atoms with Crippen LogP contribution in [0.1, 0.15) is 24.8 Å². The van der Waals surface area contributed by atoms with Crippen LogP contribution in [0.4, 0.5) is 0 Å². The molecule has 0 N–H and O–H groups in total. The average Bonchev–Trinajstić information content (AvgIpc) is 3.45. The number of aromatic nitrogens is 2. The molecule has 1 aliphatic rings. The number of carbonyl (C=O) groups is 1. The minimum atomic E-state index is -0.0689. The van der Waals surface area contributed by atoms with Crippen molar-refractivity contribution in [2.75, 3.05) is 12.3 Å². The van der Waals surface area contributed by atoms with Gasteiger partial charge in [-0.05, 0) is 30.2 Å². The number of amides is 1. The second-order valence-electron chi connectivity index (χ2n) is 7.96. The standard InChI is InChI=1S/C24H23N3O2S/c1-16(2)13-26-22(28)15-30-24(26)19-14-27(18-9-4-3-5-10-18)25-23(19)21-12-17-8-6-7-11-20(17)29-21/h3-12,14,16,24H,13,15H2,1-2H3/t24-/m1/s1. The fourth-order valence-corrected chi connectivity index (χ4v) is 5.08. The maximum absolute atomic E-state index is 12.6. The van der Waals surface area contributed by atoms with Crippen LogP contribution in [-0.4, -0.2) is 32.9 Å². The topological polar surface area (TPSA) is 51.3 Å². The van der Waals surface area contributed by atoms with Gasteiger partial charge in [0.25, 0.3) is 0 Å². The fourth-order valence-electron chi connectivity index (χ4n) is 3.87. The molecule has 0 unspecified atom stereocenters. The van der Waals surface area contributed by atoms with E-state index in [1.807, 2.05) is 76.4 Å². The zero-order chi connectivity index (χ0) is 20.7. The van der Waals surface area contributed by atoms with E-state index >= 15 is 0 Å². The van der Waals surface area contributed by atoms with E-state index in [2.05, 4.69) is 13.8 Å². The minimum Gasteiger partial charge on any atom is -0.454 e. The maximum atomic E-state index is 12.6. The number of hydrogen-bond donors (Lipinski definition) is 0. The highest BCUT2D eigenvalue weighted by Gasteiger charge is 2.36. The summed E-state index contributed by atoms with van der Waals surface area (Å²) < 4.78 is 8.04. The molecule has 0 radical (unpaired) electrons. The third kappa shape index (κ3) is 3.41. The first-order chi connectivity index (χ1) is 14.6. The Morgan fingerprint density at radius 1 is 1.13 bits per heavy atom. The molecule has 2 aromatic heterocycles. The summed E-state index contributed by atoms with van der Waals surface area (Å²) in [5.41, 5.74) is 3.61.